The SMILES string of the molecule is CC1Cc2c(OCc3cccnc3-c3ccccc3)ccc3c2c(c(CC(C)(C)C(=O)O)n3Cc2ccc(Cl)cc2)S1. The van der Waals surface area contributed by atoms with Crippen molar-refractivity contribution in [2.45, 2.75) is 56.9 Å². The van der Waals surface area contributed by atoms with E-state index in [0.29, 0.717) is 29.8 Å². The van der Waals surface area contributed by atoms with Crippen molar-refractivity contribution >= 4 is 40.2 Å². The Balaban J connectivity index is 1.44. The minimum Gasteiger partial charge on any atom is -0.489 e. The van der Waals surface area contributed by atoms with Gasteiger partial charge < -0.3 is 14.4 Å². The topological polar surface area (TPSA) is 64.3 Å². The summed E-state index contributed by atoms with van der Waals surface area (Å²) in [5.41, 5.74) is 6.54. The quantitative estimate of drug-likeness (QED) is 0.184. The molecule has 6 rings (SSSR count). The Hall–Kier alpha value is -3.74. The molecule has 1 N–H and O–H groups in total. The van der Waals surface area contributed by atoms with Crippen LogP contribution in [0.4, 0.5) is 0 Å². The first kappa shape index (κ1) is 28.4. The van der Waals surface area contributed by atoms with Gasteiger partial charge in [-0.3, -0.25) is 9.78 Å². The largest absolute Gasteiger partial charge is 0.489 e. The molecule has 0 bridgehead atoms. The molecule has 0 saturated carbocycles. The fraction of sp³-hybridized carbons (Fsp3) is 0.257. The third-order valence-electron chi connectivity index (χ3n) is 7.93. The summed E-state index contributed by atoms with van der Waals surface area (Å²) in [5, 5.41) is 12.2. The lowest BCUT2D eigenvalue weighted by Crippen LogP contribution is -2.28. The van der Waals surface area contributed by atoms with Crippen LogP contribution in [-0.4, -0.2) is 25.9 Å². The van der Waals surface area contributed by atoms with Gasteiger partial charge in [-0.05, 0) is 56.2 Å². The van der Waals surface area contributed by atoms with Gasteiger partial charge in [-0.25, -0.2) is 0 Å². The number of halogens is 1. The standard InChI is InChI=1S/C35H33ClN2O3S/c1-22-18-27-30(41-21-25-10-7-17-37-32(25)24-8-5-4-6-9-24)16-15-28-31(27)33(42-22)29(19-35(2,3)34(39)40)38(28)20-23-11-13-26(36)14-12-23/h4-17,22H,18-21H2,1-3H3,(H,39,40). The van der Waals surface area contributed by atoms with Crippen LogP contribution in [0, 0.1) is 5.41 Å². The van der Waals surface area contributed by atoms with E-state index in [1.807, 2.05) is 66.5 Å². The van der Waals surface area contributed by atoms with E-state index < -0.39 is 11.4 Å². The Kier molecular flexibility index (Phi) is 7.77. The number of hydrogen-bond acceptors (Lipinski definition) is 4. The molecule has 0 spiro atoms. The van der Waals surface area contributed by atoms with Crippen LogP contribution in [0.25, 0.3) is 22.2 Å². The molecule has 5 aromatic rings. The van der Waals surface area contributed by atoms with Crippen molar-refractivity contribution in [3.05, 3.63) is 112 Å². The van der Waals surface area contributed by atoms with E-state index in [1.54, 1.807) is 13.8 Å². The van der Waals surface area contributed by atoms with E-state index in [0.717, 1.165) is 45.8 Å². The van der Waals surface area contributed by atoms with Gasteiger partial charge in [0.05, 0.1) is 16.6 Å². The van der Waals surface area contributed by atoms with Crippen LogP contribution in [0.15, 0.2) is 90.0 Å². The molecular weight excluding hydrogens is 564 g/mol. The van der Waals surface area contributed by atoms with Gasteiger partial charge in [0.25, 0.3) is 0 Å². The maximum absolute atomic E-state index is 12.2. The van der Waals surface area contributed by atoms with Crippen LogP contribution in [0.5, 0.6) is 5.75 Å². The lowest BCUT2D eigenvalue weighted by molar-refractivity contribution is -0.146. The fourth-order valence-electron chi connectivity index (χ4n) is 5.69. The van der Waals surface area contributed by atoms with Crippen LogP contribution in [0.2, 0.25) is 5.02 Å². The number of aromatic nitrogens is 2. The number of pyridine rings is 1. The van der Waals surface area contributed by atoms with Crippen LogP contribution in [0.3, 0.4) is 0 Å². The molecule has 0 aliphatic carbocycles. The Morgan fingerprint density at radius 1 is 1.07 bits per heavy atom. The number of aliphatic carboxylic acids is 1. The number of ether oxygens (including phenoxy) is 1. The lowest BCUT2D eigenvalue weighted by atomic mass is 9.87. The van der Waals surface area contributed by atoms with Crippen LogP contribution < -0.4 is 4.74 Å². The molecule has 42 heavy (non-hydrogen) atoms. The lowest BCUT2D eigenvalue weighted by Gasteiger charge is -2.24. The number of hydrogen-bond donors (Lipinski definition) is 1. The number of benzene rings is 3. The molecule has 1 aliphatic heterocycles. The van der Waals surface area contributed by atoms with E-state index >= 15 is 0 Å². The molecule has 0 amide bonds. The number of carboxylic acids is 1. The van der Waals surface area contributed by atoms with E-state index in [2.05, 4.69) is 46.8 Å². The van der Waals surface area contributed by atoms with Gasteiger partial charge in [0, 0.05) is 62.1 Å². The van der Waals surface area contributed by atoms with Crippen LogP contribution in [-0.2, 0) is 30.8 Å². The predicted molar refractivity (Wildman–Crippen MR) is 171 cm³/mol. The normalized spacial score (nSPS) is 14.7. The van der Waals surface area contributed by atoms with Crippen molar-refractivity contribution in [2.75, 3.05) is 0 Å². The number of carboxylic acid groups (broad SMARTS) is 1. The number of nitrogens with zero attached hydrogens (tertiary/aromatic N) is 2. The Morgan fingerprint density at radius 3 is 2.57 bits per heavy atom. The molecule has 0 saturated heterocycles. The molecule has 1 aliphatic rings. The number of carbonyl (C=O) groups is 1. The smallest absolute Gasteiger partial charge is 0.309 e. The molecule has 2 aromatic heterocycles. The maximum atomic E-state index is 12.2. The third-order valence-corrected chi connectivity index (χ3v) is 9.42. The van der Waals surface area contributed by atoms with E-state index in [9.17, 15) is 9.90 Å². The van der Waals surface area contributed by atoms with Gasteiger partial charge in [-0.1, -0.05) is 67.1 Å². The average Bonchev–Trinajstić information content (AvgIpc) is 3.26. The van der Waals surface area contributed by atoms with Gasteiger partial charge in [-0.15, -0.1) is 11.8 Å². The molecule has 5 nitrogen and oxygen atoms in total. The molecule has 7 heteroatoms. The second kappa shape index (κ2) is 11.5. The zero-order valence-corrected chi connectivity index (χ0v) is 25.5. The van der Waals surface area contributed by atoms with Crippen molar-refractivity contribution in [3.63, 3.8) is 0 Å². The summed E-state index contributed by atoms with van der Waals surface area (Å²) in [4.78, 5) is 18.1. The van der Waals surface area contributed by atoms with Crippen LogP contribution >= 0.6 is 23.4 Å². The second-order valence-corrected chi connectivity index (χ2v) is 13.5. The van der Waals surface area contributed by atoms with Crippen molar-refractivity contribution in [3.8, 4) is 17.0 Å². The van der Waals surface area contributed by atoms with Crippen molar-refractivity contribution < 1.29 is 14.6 Å². The summed E-state index contributed by atoms with van der Waals surface area (Å²) in [6, 6.07) is 26.3. The Labute approximate surface area is 255 Å². The van der Waals surface area contributed by atoms with Gasteiger partial charge in [-0.2, -0.15) is 0 Å². The van der Waals surface area contributed by atoms with Crippen molar-refractivity contribution in [1.29, 1.82) is 0 Å². The summed E-state index contributed by atoms with van der Waals surface area (Å²) in [6.07, 6.45) is 3.11. The Morgan fingerprint density at radius 2 is 1.83 bits per heavy atom. The highest BCUT2D eigenvalue weighted by Gasteiger charge is 2.34. The molecule has 3 heterocycles. The first-order chi connectivity index (χ1) is 20.2. The van der Waals surface area contributed by atoms with E-state index in [-0.39, 0.29) is 0 Å². The van der Waals surface area contributed by atoms with E-state index in [1.165, 1.54) is 15.8 Å². The summed E-state index contributed by atoms with van der Waals surface area (Å²) >= 11 is 8.02. The third kappa shape index (κ3) is 5.53. The maximum Gasteiger partial charge on any atom is 0.309 e. The van der Waals surface area contributed by atoms with Crippen molar-refractivity contribution in [2.24, 2.45) is 5.41 Å². The second-order valence-electron chi connectivity index (χ2n) is 11.6. The molecule has 214 valence electrons. The predicted octanol–water partition coefficient (Wildman–Crippen LogP) is 8.67. The monoisotopic (exact) mass is 596 g/mol. The first-order valence-corrected chi connectivity index (χ1v) is 15.4. The highest BCUT2D eigenvalue weighted by atomic mass is 35.5. The van der Waals surface area contributed by atoms with E-state index in [4.69, 9.17) is 16.3 Å². The van der Waals surface area contributed by atoms with Crippen LogP contribution in [0.1, 0.15) is 43.2 Å². The number of thioether (sulfide) groups is 1. The molecule has 0 fully saturated rings. The Bertz CT molecular complexity index is 1760. The highest BCUT2D eigenvalue weighted by Crippen LogP contribution is 2.48. The van der Waals surface area contributed by atoms with Gasteiger partial charge in [0.2, 0.25) is 0 Å². The summed E-state index contributed by atoms with van der Waals surface area (Å²) < 4.78 is 8.87. The van der Waals surface area contributed by atoms with Gasteiger partial charge in [0.15, 0.2) is 0 Å². The minimum atomic E-state index is -0.919. The van der Waals surface area contributed by atoms with Crippen molar-refractivity contribution in [1.82, 2.24) is 9.55 Å². The molecule has 3 aromatic carbocycles. The minimum absolute atomic E-state index is 0.321. The molecule has 1 unspecified atom stereocenters. The average molecular weight is 597 g/mol. The van der Waals surface area contributed by atoms with Gasteiger partial charge >= 0.3 is 5.97 Å². The molecular formula is C35H33ClN2O3S. The zero-order chi connectivity index (χ0) is 29.4. The molecule has 1 atom stereocenters. The first-order valence-electron chi connectivity index (χ1n) is 14.1. The van der Waals surface area contributed by atoms with Gasteiger partial charge in [0.1, 0.15) is 12.4 Å². The summed E-state index contributed by atoms with van der Waals surface area (Å²) in [7, 11) is 0. The summed E-state index contributed by atoms with van der Waals surface area (Å²) in [6.45, 7) is 6.86. The fourth-order valence-corrected chi connectivity index (χ4v) is 7.13. The molecule has 0 radical (unpaired) electrons. The number of rotatable bonds is 9. The summed E-state index contributed by atoms with van der Waals surface area (Å²) in [5.74, 6) is 0.0632. The highest BCUT2D eigenvalue weighted by molar-refractivity contribution is 8.00. The zero-order valence-electron chi connectivity index (χ0n) is 23.9.